The third-order valence-electron chi connectivity index (χ3n) is 4.18. The summed E-state index contributed by atoms with van der Waals surface area (Å²) in [5.74, 6) is -0.581. The van der Waals surface area contributed by atoms with E-state index in [1.165, 1.54) is 17.6 Å². The van der Waals surface area contributed by atoms with E-state index in [1.54, 1.807) is 36.4 Å². The molecule has 2 amide bonds. The van der Waals surface area contributed by atoms with Crippen LogP contribution in [0.5, 0.6) is 0 Å². The molecule has 0 aliphatic rings. The van der Waals surface area contributed by atoms with Crippen molar-refractivity contribution in [3.8, 4) is 11.1 Å². The van der Waals surface area contributed by atoms with Gasteiger partial charge in [-0.2, -0.15) is 0 Å². The van der Waals surface area contributed by atoms with Crippen LogP contribution in [0.2, 0.25) is 5.02 Å². The number of hydrogen-bond donors (Lipinski definition) is 2. The van der Waals surface area contributed by atoms with Crippen LogP contribution in [-0.4, -0.2) is 11.8 Å². The normalized spacial score (nSPS) is 10.5. The topological polar surface area (TPSA) is 71.3 Å². The highest BCUT2D eigenvalue weighted by Gasteiger charge is 2.23. The number of nitrogens with one attached hydrogen (secondary N) is 2. The summed E-state index contributed by atoms with van der Waals surface area (Å²) < 4.78 is 5.15. The molecule has 0 saturated heterocycles. The lowest BCUT2D eigenvalue weighted by Crippen LogP contribution is -2.17. The van der Waals surface area contributed by atoms with Crippen molar-refractivity contribution in [2.24, 2.45) is 0 Å². The number of halogens is 1. The average molecular weight is 423 g/mol. The van der Waals surface area contributed by atoms with E-state index < -0.39 is 5.91 Å². The molecule has 0 radical (unpaired) electrons. The lowest BCUT2D eigenvalue weighted by molar-refractivity contribution is 0.0997. The number of carbonyl (C=O) groups excluding carboxylic acids is 2. The van der Waals surface area contributed by atoms with Gasteiger partial charge in [-0.05, 0) is 42.0 Å². The van der Waals surface area contributed by atoms with E-state index in [2.05, 4.69) is 10.6 Å². The fraction of sp³-hybridized carbons (Fsp3) is 0. The van der Waals surface area contributed by atoms with Crippen molar-refractivity contribution < 1.29 is 14.0 Å². The first-order valence-corrected chi connectivity index (χ1v) is 9.96. The Kier molecular flexibility index (Phi) is 5.46. The third kappa shape index (κ3) is 4.23. The maximum atomic E-state index is 13.1. The summed E-state index contributed by atoms with van der Waals surface area (Å²) in [6.07, 6.45) is 1.42. The number of amides is 2. The van der Waals surface area contributed by atoms with Crippen LogP contribution in [0.15, 0.2) is 82.8 Å². The molecular formula is C22H15ClN2O3S. The molecule has 0 fully saturated rings. The summed E-state index contributed by atoms with van der Waals surface area (Å²) in [4.78, 5) is 25.6. The number of hydrogen-bond acceptors (Lipinski definition) is 4. The van der Waals surface area contributed by atoms with Crippen LogP contribution in [-0.2, 0) is 0 Å². The summed E-state index contributed by atoms with van der Waals surface area (Å²) in [6, 6.07) is 19.6. The number of carbonyl (C=O) groups is 2. The molecule has 0 aliphatic heterocycles. The first-order valence-electron chi connectivity index (χ1n) is 8.70. The quantitative estimate of drug-likeness (QED) is 0.404. The molecule has 2 N–H and O–H groups in total. The molecule has 0 aliphatic carbocycles. The second kappa shape index (κ2) is 8.34. The van der Waals surface area contributed by atoms with Crippen LogP contribution in [0.4, 0.5) is 10.7 Å². The molecular weight excluding hydrogens is 408 g/mol. The summed E-state index contributed by atoms with van der Waals surface area (Å²) in [5.41, 5.74) is 2.60. The van der Waals surface area contributed by atoms with Crippen LogP contribution in [0.1, 0.15) is 20.9 Å². The zero-order valence-electron chi connectivity index (χ0n) is 15.0. The van der Waals surface area contributed by atoms with E-state index in [0.29, 0.717) is 21.3 Å². The van der Waals surface area contributed by atoms with Crippen molar-refractivity contribution in [2.45, 2.75) is 0 Å². The predicted molar refractivity (Wildman–Crippen MR) is 116 cm³/mol. The number of anilines is 2. The molecule has 2 aromatic carbocycles. The van der Waals surface area contributed by atoms with Gasteiger partial charge in [-0.15, -0.1) is 11.3 Å². The Morgan fingerprint density at radius 3 is 2.31 bits per heavy atom. The van der Waals surface area contributed by atoms with E-state index in [4.69, 9.17) is 16.0 Å². The Morgan fingerprint density at radius 2 is 1.62 bits per heavy atom. The third-order valence-corrected chi connectivity index (χ3v) is 5.32. The summed E-state index contributed by atoms with van der Waals surface area (Å²) in [5, 5.41) is 8.52. The number of thiophene rings is 1. The van der Waals surface area contributed by atoms with E-state index in [0.717, 1.165) is 11.1 Å². The van der Waals surface area contributed by atoms with Crippen molar-refractivity contribution in [3.05, 3.63) is 94.7 Å². The Labute approximate surface area is 175 Å². The fourth-order valence-electron chi connectivity index (χ4n) is 2.80. The molecule has 29 heavy (non-hydrogen) atoms. The zero-order chi connectivity index (χ0) is 20.2. The number of furan rings is 1. The standard InChI is InChI=1S/C22H15ClN2O3S/c23-15-8-10-16(11-9-15)24-21(27)19-17(14-5-2-1-3-6-14)13-29-22(19)25-20(26)18-7-4-12-28-18/h1-13H,(H,24,27)(H,25,26). The fourth-order valence-corrected chi connectivity index (χ4v) is 3.89. The second-order valence-electron chi connectivity index (χ2n) is 6.11. The van der Waals surface area contributed by atoms with Crippen molar-refractivity contribution >= 4 is 45.4 Å². The minimum absolute atomic E-state index is 0.170. The molecule has 0 saturated carbocycles. The molecule has 0 unspecified atom stereocenters. The minimum atomic E-state index is -0.419. The van der Waals surface area contributed by atoms with Gasteiger partial charge < -0.3 is 15.1 Å². The van der Waals surface area contributed by atoms with Gasteiger partial charge in [0, 0.05) is 21.7 Å². The summed E-state index contributed by atoms with van der Waals surface area (Å²) >= 11 is 7.20. The van der Waals surface area contributed by atoms with Gasteiger partial charge in [0.15, 0.2) is 5.76 Å². The molecule has 7 heteroatoms. The Balaban J connectivity index is 1.70. The van der Waals surface area contributed by atoms with Gasteiger partial charge in [0.25, 0.3) is 11.8 Å². The first kappa shape index (κ1) is 19.0. The maximum absolute atomic E-state index is 13.1. The van der Waals surface area contributed by atoms with E-state index in [-0.39, 0.29) is 11.7 Å². The highest BCUT2D eigenvalue weighted by Crippen LogP contribution is 2.36. The first-order chi connectivity index (χ1) is 14.1. The van der Waals surface area contributed by atoms with Crippen molar-refractivity contribution in [1.82, 2.24) is 0 Å². The van der Waals surface area contributed by atoms with Gasteiger partial charge in [0.2, 0.25) is 0 Å². The van der Waals surface area contributed by atoms with E-state index >= 15 is 0 Å². The smallest absolute Gasteiger partial charge is 0.291 e. The van der Waals surface area contributed by atoms with Crippen molar-refractivity contribution in [3.63, 3.8) is 0 Å². The minimum Gasteiger partial charge on any atom is -0.459 e. The second-order valence-corrected chi connectivity index (χ2v) is 7.43. The SMILES string of the molecule is O=C(Nc1scc(-c2ccccc2)c1C(=O)Nc1ccc(Cl)cc1)c1ccco1. The molecule has 2 aromatic heterocycles. The molecule has 144 valence electrons. The molecule has 4 aromatic rings. The molecule has 5 nitrogen and oxygen atoms in total. The molecule has 0 atom stereocenters. The Hall–Kier alpha value is -3.35. The molecule has 0 spiro atoms. The highest BCUT2D eigenvalue weighted by atomic mass is 35.5. The van der Waals surface area contributed by atoms with Crippen LogP contribution < -0.4 is 10.6 Å². The molecule has 2 heterocycles. The van der Waals surface area contributed by atoms with Gasteiger partial charge >= 0.3 is 0 Å². The van der Waals surface area contributed by atoms with Gasteiger partial charge in [0.05, 0.1) is 11.8 Å². The van der Waals surface area contributed by atoms with Gasteiger partial charge in [-0.3, -0.25) is 9.59 Å². The largest absolute Gasteiger partial charge is 0.459 e. The van der Waals surface area contributed by atoms with E-state index in [9.17, 15) is 9.59 Å². The maximum Gasteiger partial charge on any atom is 0.291 e. The van der Waals surface area contributed by atoms with Crippen LogP contribution in [0, 0.1) is 0 Å². The Bertz CT molecular complexity index is 1140. The highest BCUT2D eigenvalue weighted by molar-refractivity contribution is 7.15. The lowest BCUT2D eigenvalue weighted by Gasteiger charge is -2.10. The van der Waals surface area contributed by atoms with E-state index in [1.807, 2.05) is 35.7 Å². The summed E-state index contributed by atoms with van der Waals surface area (Å²) in [7, 11) is 0. The number of rotatable bonds is 5. The molecule has 4 rings (SSSR count). The monoisotopic (exact) mass is 422 g/mol. The van der Waals surface area contributed by atoms with Crippen LogP contribution in [0.25, 0.3) is 11.1 Å². The van der Waals surface area contributed by atoms with Crippen LogP contribution in [0.3, 0.4) is 0 Å². The average Bonchev–Trinajstić information content (AvgIpc) is 3.40. The van der Waals surface area contributed by atoms with Crippen molar-refractivity contribution in [2.75, 3.05) is 10.6 Å². The van der Waals surface area contributed by atoms with Crippen LogP contribution >= 0.6 is 22.9 Å². The zero-order valence-corrected chi connectivity index (χ0v) is 16.6. The molecule has 0 bridgehead atoms. The Morgan fingerprint density at radius 1 is 0.862 bits per heavy atom. The van der Waals surface area contributed by atoms with Gasteiger partial charge in [-0.1, -0.05) is 41.9 Å². The summed E-state index contributed by atoms with van der Waals surface area (Å²) in [6.45, 7) is 0. The van der Waals surface area contributed by atoms with Gasteiger partial charge in [0.1, 0.15) is 5.00 Å². The lowest BCUT2D eigenvalue weighted by atomic mass is 10.0. The number of benzene rings is 2. The van der Waals surface area contributed by atoms with Crippen molar-refractivity contribution in [1.29, 1.82) is 0 Å². The predicted octanol–water partition coefficient (Wildman–Crippen LogP) is 6.17. The van der Waals surface area contributed by atoms with Gasteiger partial charge in [-0.25, -0.2) is 0 Å².